The summed E-state index contributed by atoms with van der Waals surface area (Å²) in [7, 11) is 6.02. The molecule has 3 nitrogen and oxygen atoms in total. The third-order valence-corrected chi connectivity index (χ3v) is 6.63. The van der Waals surface area contributed by atoms with Gasteiger partial charge in [-0.15, -0.1) is 0 Å². The van der Waals surface area contributed by atoms with Gasteiger partial charge >= 0.3 is 0 Å². The zero-order chi connectivity index (χ0) is 21.6. The Labute approximate surface area is 179 Å². The van der Waals surface area contributed by atoms with Crippen LogP contribution in [0, 0.1) is 11.3 Å². The molecule has 0 saturated heterocycles. The molecule has 1 aromatic rings. The van der Waals surface area contributed by atoms with Gasteiger partial charge < -0.3 is 9.80 Å². The molecule has 1 aromatic carbocycles. The lowest BCUT2D eigenvalue weighted by Gasteiger charge is -2.40. The van der Waals surface area contributed by atoms with E-state index in [1.165, 1.54) is 48.9 Å². The van der Waals surface area contributed by atoms with Crippen LogP contribution in [-0.4, -0.2) is 43.4 Å². The zero-order valence-electron chi connectivity index (χ0n) is 19.8. The van der Waals surface area contributed by atoms with Crippen molar-refractivity contribution in [3.8, 4) is 0 Å². The lowest BCUT2D eigenvalue weighted by atomic mass is 9.63. The fraction of sp³-hybridized carbons (Fsp3) is 0.654. The van der Waals surface area contributed by atoms with Crippen LogP contribution in [0.4, 0.5) is 0 Å². The van der Waals surface area contributed by atoms with E-state index in [1.807, 2.05) is 41.8 Å². The average Bonchev–Trinajstić information content (AvgIpc) is 3.03. The topological polar surface area (TPSA) is 23.6 Å². The molecule has 1 aliphatic heterocycles. The quantitative estimate of drug-likeness (QED) is 0.610. The van der Waals surface area contributed by atoms with Crippen LogP contribution in [0.25, 0.3) is 5.70 Å². The molecule has 162 valence electrons. The van der Waals surface area contributed by atoms with Crippen molar-refractivity contribution < 1.29 is 4.79 Å². The Morgan fingerprint density at radius 3 is 2.31 bits per heavy atom. The Kier molecular flexibility index (Phi) is 8.36. The summed E-state index contributed by atoms with van der Waals surface area (Å²) >= 11 is 0. The lowest BCUT2D eigenvalue weighted by molar-refractivity contribution is -0.129. The maximum atomic E-state index is 12.6. The Hall–Kier alpha value is -1.77. The minimum absolute atomic E-state index is 0.261. The normalized spacial score (nSPS) is 21.3. The van der Waals surface area contributed by atoms with E-state index in [0.717, 1.165) is 13.0 Å². The van der Waals surface area contributed by atoms with Gasteiger partial charge in [0.25, 0.3) is 0 Å². The minimum atomic E-state index is 0.261. The zero-order valence-corrected chi connectivity index (χ0v) is 19.8. The molecule has 3 heteroatoms. The predicted octanol–water partition coefficient (Wildman–Crippen LogP) is 6.00. The van der Waals surface area contributed by atoms with Crippen LogP contribution in [-0.2, 0) is 11.2 Å². The SMILES string of the molecule is CC.CC.CN(C)C(=O)CC1Cc2ccccc2C2=C1C1(CCCCC1)CN2C. The predicted molar refractivity (Wildman–Crippen MR) is 125 cm³/mol. The smallest absolute Gasteiger partial charge is 0.222 e. The number of hydrogen-bond donors (Lipinski definition) is 0. The highest BCUT2D eigenvalue weighted by Gasteiger charge is 2.49. The molecule has 2 aliphatic carbocycles. The molecule has 0 aromatic heterocycles. The average molecular weight is 399 g/mol. The van der Waals surface area contributed by atoms with Crippen LogP contribution in [0.1, 0.15) is 77.3 Å². The van der Waals surface area contributed by atoms with Gasteiger partial charge in [0.15, 0.2) is 0 Å². The van der Waals surface area contributed by atoms with Crippen LogP contribution >= 0.6 is 0 Å². The molecule has 0 radical (unpaired) electrons. The largest absolute Gasteiger partial charge is 0.373 e. The van der Waals surface area contributed by atoms with Gasteiger partial charge in [-0.2, -0.15) is 0 Å². The number of nitrogens with zero attached hydrogens (tertiary/aromatic N) is 2. The first-order chi connectivity index (χ1) is 14.0. The van der Waals surface area contributed by atoms with E-state index < -0.39 is 0 Å². The highest BCUT2D eigenvalue weighted by Crippen LogP contribution is 2.57. The fourth-order valence-electron chi connectivity index (χ4n) is 5.57. The van der Waals surface area contributed by atoms with Crippen molar-refractivity contribution in [1.29, 1.82) is 0 Å². The molecule has 1 atom stereocenters. The van der Waals surface area contributed by atoms with E-state index in [2.05, 4.69) is 36.2 Å². The van der Waals surface area contributed by atoms with Gasteiger partial charge in [-0.25, -0.2) is 0 Å². The van der Waals surface area contributed by atoms with Gasteiger partial charge in [0.1, 0.15) is 0 Å². The summed E-state index contributed by atoms with van der Waals surface area (Å²) in [6.07, 6.45) is 8.29. The molecule has 1 unspecified atom stereocenters. The van der Waals surface area contributed by atoms with Gasteiger partial charge in [0, 0.05) is 50.8 Å². The number of hydrogen-bond acceptors (Lipinski definition) is 2. The summed E-state index contributed by atoms with van der Waals surface area (Å²) in [4.78, 5) is 16.8. The van der Waals surface area contributed by atoms with Crippen molar-refractivity contribution >= 4 is 11.6 Å². The van der Waals surface area contributed by atoms with E-state index in [9.17, 15) is 4.79 Å². The van der Waals surface area contributed by atoms with Gasteiger partial charge in [-0.05, 0) is 36.3 Å². The highest BCUT2D eigenvalue weighted by molar-refractivity contribution is 5.80. The molecule has 1 saturated carbocycles. The van der Waals surface area contributed by atoms with Crippen LogP contribution in [0.2, 0.25) is 0 Å². The molecule has 1 spiro atoms. The molecule has 0 bridgehead atoms. The standard InChI is InChI=1S/C22H30N2O.2C2H6/c1-23(2)19(25)14-17-13-16-9-5-6-10-18(16)21-20(17)22(15-24(21)3)11-7-4-8-12-22;2*1-2/h5-6,9-10,17H,4,7-8,11-15H2,1-3H3;2*1-2H3. The van der Waals surface area contributed by atoms with E-state index in [1.54, 1.807) is 10.5 Å². The van der Waals surface area contributed by atoms with Crippen molar-refractivity contribution in [2.45, 2.75) is 72.6 Å². The van der Waals surface area contributed by atoms with E-state index in [4.69, 9.17) is 0 Å². The first kappa shape index (κ1) is 23.5. The second-order valence-electron chi connectivity index (χ2n) is 8.51. The van der Waals surface area contributed by atoms with Gasteiger partial charge in [0.05, 0.1) is 0 Å². The van der Waals surface area contributed by atoms with Crippen molar-refractivity contribution in [1.82, 2.24) is 9.80 Å². The summed E-state index contributed by atoms with van der Waals surface area (Å²) in [5, 5.41) is 0. The van der Waals surface area contributed by atoms with E-state index in [0.29, 0.717) is 17.8 Å². The Bertz CT molecular complexity index is 713. The first-order valence-corrected chi connectivity index (χ1v) is 11.8. The van der Waals surface area contributed by atoms with Crippen molar-refractivity contribution in [2.24, 2.45) is 11.3 Å². The van der Waals surface area contributed by atoms with Crippen LogP contribution in [0.5, 0.6) is 0 Å². The van der Waals surface area contributed by atoms with Crippen molar-refractivity contribution in [3.05, 3.63) is 41.0 Å². The Morgan fingerprint density at radius 2 is 1.69 bits per heavy atom. The summed E-state index contributed by atoms with van der Waals surface area (Å²) in [6.45, 7) is 9.14. The number of fused-ring (bicyclic) bond motifs is 3. The summed E-state index contributed by atoms with van der Waals surface area (Å²) in [5.41, 5.74) is 6.20. The molecule has 29 heavy (non-hydrogen) atoms. The number of carbonyl (C=O) groups excluding carboxylic acids is 1. The summed E-state index contributed by atoms with van der Waals surface area (Å²) in [5.74, 6) is 0.625. The second kappa shape index (κ2) is 10.3. The van der Waals surface area contributed by atoms with Gasteiger partial charge in [-0.1, -0.05) is 71.2 Å². The molecular weight excluding hydrogens is 356 g/mol. The van der Waals surface area contributed by atoms with Crippen molar-refractivity contribution in [3.63, 3.8) is 0 Å². The summed E-state index contributed by atoms with van der Waals surface area (Å²) in [6, 6.07) is 8.84. The summed E-state index contributed by atoms with van der Waals surface area (Å²) < 4.78 is 0. The number of benzene rings is 1. The lowest BCUT2D eigenvalue weighted by Crippen LogP contribution is -2.35. The molecule has 4 rings (SSSR count). The van der Waals surface area contributed by atoms with Crippen molar-refractivity contribution in [2.75, 3.05) is 27.7 Å². The molecule has 1 heterocycles. The number of rotatable bonds is 2. The van der Waals surface area contributed by atoms with Crippen LogP contribution in [0.3, 0.4) is 0 Å². The Morgan fingerprint density at radius 1 is 1.07 bits per heavy atom. The second-order valence-corrected chi connectivity index (χ2v) is 8.51. The molecule has 1 amide bonds. The van der Waals surface area contributed by atoms with E-state index >= 15 is 0 Å². The maximum absolute atomic E-state index is 12.6. The van der Waals surface area contributed by atoms with Gasteiger partial charge in [-0.3, -0.25) is 4.79 Å². The monoisotopic (exact) mass is 398 g/mol. The molecular formula is C26H42N2O. The van der Waals surface area contributed by atoms with Crippen LogP contribution < -0.4 is 0 Å². The van der Waals surface area contributed by atoms with Crippen LogP contribution in [0.15, 0.2) is 29.8 Å². The highest BCUT2D eigenvalue weighted by atomic mass is 16.2. The third-order valence-electron chi connectivity index (χ3n) is 6.63. The Balaban J connectivity index is 0.000000707. The number of carbonyl (C=O) groups is 1. The third kappa shape index (κ3) is 4.54. The maximum Gasteiger partial charge on any atom is 0.222 e. The molecule has 3 aliphatic rings. The van der Waals surface area contributed by atoms with Gasteiger partial charge in [0.2, 0.25) is 5.91 Å². The molecule has 1 fully saturated rings. The van der Waals surface area contributed by atoms with E-state index in [-0.39, 0.29) is 5.91 Å². The number of amides is 1. The molecule has 0 N–H and O–H groups in total. The minimum Gasteiger partial charge on any atom is -0.373 e. The fourth-order valence-corrected chi connectivity index (χ4v) is 5.57. The first-order valence-electron chi connectivity index (χ1n) is 11.8.